The maximum absolute atomic E-state index is 11.8. The molecule has 0 saturated heterocycles. The fourth-order valence-electron chi connectivity index (χ4n) is 1.82. The number of esters is 1. The number of para-hydroxylation sites is 1. The Morgan fingerprint density at radius 2 is 1.71 bits per heavy atom. The van der Waals surface area contributed by atoms with Crippen molar-refractivity contribution in [3.63, 3.8) is 0 Å². The van der Waals surface area contributed by atoms with Crippen molar-refractivity contribution in [3.05, 3.63) is 58.1 Å². The number of rotatable bonds is 6. The minimum Gasteiger partial charge on any atom is -0.480 e. The molecule has 1 N–H and O–H groups in total. The van der Waals surface area contributed by atoms with E-state index in [0.717, 1.165) is 5.56 Å². The van der Waals surface area contributed by atoms with Crippen LogP contribution < -0.4 is 10.1 Å². The summed E-state index contributed by atoms with van der Waals surface area (Å²) in [6.07, 6.45) is 0. The van der Waals surface area contributed by atoms with Gasteiger partial charge in [0.1, 0.15) is 5.75 Å². The molecule has 24 heavy (non-hydrogen) atoms. The molecule has 1 amide bonds. The van der Waals surface area contributed by atoms with E-state index in [1.54, 1.807) is 49.4 Å². The Balaban J connectivity index is 1.78. The summed E-state index contributed by atoms with van der Waals surface area (Å²) in [5.74, 6) is -0.769. The molecule has 0 spiro atoms. The Hall–Kier alpha value is -2.24. The molecule has 0 saturated carbocycles. The lowest BCUT2D eigenvalue weighted by Crippen LogP contribution is -2.24. The van der Waals surface area contributed by atoms with E-state index in [0.29, 0.717) is 21.5 Å². The second-order valence-electron chi connectivity index (χ2n) is 4.84. The molecule has 0 aliphatic rings. The number of benzene rings is 2. The van der Waals surface area contributed by atoms with Crippen LogP contribution in [0.4, 0.5) is 5.69 Å². The predicted molar refractivity (Wildman–Crippen MR) is 92.7 cm³/mol. The van der Waals surface area contributed by atoms with Gasteiger partial charge in [0.2, 0.25) is 0 Å². The Morgan fingerprint density at radius 3 is 2.46 bits per heavy atom. The normalized spacial score (nSPS) is 10.1. The molecule has 2 rings (SSSR count). The largest absolute Gasteiger partial charge is 0.480 e. The maximum Gasteiger partial charge on any atom is 0.344 e. The van der Waals surface area contributed by atoms with Crippen molar-refractivity contribution in [1.29, 1.82) is 0 Å². The fraction of sp³-hybridized carbons (Fsp3) is 0.176. The molecule has 7 heteroatoms. The van der Waals surface area contributed by atoms with Gasteiger partial charge in [0, 0.05) is 10.7 Å². The van der Waals surface area contributed by atoms with Crippen molar-refractivity contribution in [2.24, 2.45) is 0 Å². The minimum absolute atomic E-state index is 0.340. The van der Waals surface area contributed by atoms with Gasteiger partial charge in [-0.2, -0.15) is 0 Å². The van der Waals surface area contributed by atoms with Gasteiger partial charge in [-0.3, -0.25) is 4.79 Å². The lowest BCUT2D eigenvalue weighted by molar-refractivity contribution is -0.149. The third-order valence-electron chi connectivity index (χ3n) is 3.09. The van der Waals surface area contributed by atoms with Gasteiger partial charge >= 0.3 is 5.97 Å². The molecule has 2 aromatic rings. The van der Waals surface area contributed by atoms with E-state index in [2.05, 4.69) is 5.32 Å². The monoisotopic (exact) mass is 367 g/mol. The third kappa shape index (κ3) is 5.15. The number of carbonyl (C=O) groups is 2. The summed E-state index contributed by atoms with van der Waals surface area (Å²) < 4.78 is 10.1. The molecule has 0 aliphatic heterocycles. The van der Waals surface area contributed by atoms with Crippen LogP contribution in [0.3, 0.4) is 0 Å². The van der Waals surface area contributed by atoms with Gasteiger partial charge in [0.25, 0.3) is 5.91 Å². The molecule has 0 atom stereocenters. The zero-order valence-corrected chi connectivity index (χ0v) is 14.4. The highest BCUT2D eigenvalue weighted by atomic mass is 35.5. The second-order valence-corrected chi connectivity index (χ2v) is 5.65. The number of hydrogen-bond acceptors (Lipinski definition) is 4. The topological polar surface area (TPSA) is 64.6 Å². The summed E-state index contributed by atoms with van der Waals surface area (Å²) in [7, 11) is 0. The molecule has 2 aromatic carbocycles. The summed E-state index contributed by atoms with van der Waals surface area (Å²) in [4.78, 5) is 23.4. The van der Waals surface area contributed by atoms with Crippen LogP contribution in [-0.2, 0) is 14.3 Å². The van der Waals surface area contributed by atoms with Gasteiger partial charge in [0.15, 0.2) is 13.2 Å². The predicted octanol–water partition coefficient (Wildman–Crippen LogP) is 3.86. The lowest BCUT2D eigenvalue weighted by atomic mass is 10.2. The van der Waals surface area contributed by atoms with Gasteiger partial charge in [-0.05, 0) is 36.8 Å². The Kier molecular flexibility index (Phi) is 6.46. The summed E-state index contributed by atoms with van der Waals surface area (Å²) in [6.45, 7) is 1.02. The summed E-state index contributed by atoms with van der Waals surface area (Å²) in [5, 5.41) is 3.55. The molecule has 0 unspecified atom stereocenters. The van der Waals surface area contributed by atoms with Gasteiger partial charge in [0.05, 0.1) is 5.02 Å². The first-order chi connectivity index (χ1) is 11.5. The highest BCUT2D eigenvalue weighted by Gasteiger charge is 2.11. The van der Waals surface area contributed by atoms with Crippen molar-refractivity contribution in [2.75, 3.05) is 18.5 Å². The first kappa shape index (κ1) is 18.1. The van der Waals surface area contributed by atoms with Crippen LogP contribution in [0.25, 0.3) is 0 Å². The molecule has 0 aliphatic carbocycles. The summed E-state index contributed by atoms with van der Waals surface area (Å²) in [6, 6.07) is 11.9. The fourth-order valence-corrected chi connectivity index (χ4v) is 2.18. The number of hydrogen-bond donors (Lipinski definition) is 1. The van der Waals surface area contributed by atoms with Crippen LogP contribution in [0, 0.1) is 6.92 Å². The third-order valence-corrected chi connectivity index (χ3v) is 3.81. The lowest BCUT2D eigenvalue weighted by Gasteiger charge is -2.10. The van der Waals surface area contributed by atoms with Crippen molar-refractivity contribution in [3.8, 4) is 5.75 Å². The van der Waals surface area contributed by atoms with E-state index in [1.165, 1.54) is 0 Å². The zero-order valence-electron chi connectivity index (χ0n) is 12.8. The first-order valence-corrected chi connectivity index (χ1v) is 7.81. The quantitative estimate of drug-likeness (QED) is 0.787. The van der Waals surface area contributed by atoms with Crippen LogP contribution in [0.5, 0.6) is 5.75 Å². The van der Waals surface area contributed by atoms with Crippen LogP contribution >= 0.6 is 23.2 Å². The van der Waals surface area contributed by atoms with Gasteiger partial charge in [-0.1, -0.05) is 41.4 Å². The number of ether oxygens (including phenoxy) is 2. The Morgan fingerprint density at radius 1 is 1.00 bits per heavy atom. The van der Waals surface area contributed by atoms with E-state index in [1.807, 2.05) is 0 Å². The van der Waals surface area contributed by atoms with Crippen molar-refractivity contribution < 1.29 is 19.1 Å². The smallest absolute Gasteiger partial charge is 0.344 e. The molecule has 0 bridgehead atoms. The molecule has 0 aromatic heterocycles. The van der Waals surface area contributed by atoms with Crippen LogP contribution in [0.15, 0.2) is 42.5 Å². The minimum atomic E-state index is -0.673. The molecule has 0 heterocycles. The highest BCUT2D eigenvalue weighted by Crippen LogP contribution is 2.23. The average molecular weight is 368 g/mol. The van der Waals surface area contributed by atoms with Crippen LogP contribution in [-0.4, -0.2) is 25.1 Å². The average Bonchev–Trinajstić information content (AvgIpc) is 2.56. The first-order valence-electron chi connectivity index (χ1n) is 7.05. The summed E-state index contributed by atoms with van der Waals surface area (Å²) in [5.41, 5.74) is 1.30. The number of anilines is 1. The highest BCUT2D eigenvalue weighted by molar-refractivity contribution is 6.32. The van der Waals surface area contributed by atoms with Crippen molar-refractivity contribution >= 4 is 40.8 Å². The molecule has 0 radical (unpaired) electrons. The molecule has 5 nitrogen and oxygen atoms in total. The molecular weight excluding hydrogens is 353 g/mol. The molecule has 0 fully saturated rings. The Bertz CT molecular complexity index is 749. The van der Waals surface area contributed by atoms with E-state index < -0.39 is 18.5 Å². The van der Waals surface area contributed by atoms with Gasteiger partial charge in [-0.15, -0.1) is 0 Å². The SMILES string of the molecule is Cc1c(Cl)cccc1NC(=O)COC(=O)COc1ccccc1Cl. The standard InChI is InChI=1S/C17H15Cl2NO4/c1-11-12(18)6-4-7-14(11)20-16(21)9-24-17(22)10-23-15-8-3-2-5-13(15)19/h2-8H,9-10H2,1H3,(H,20,21). The maximum atomic E-state index is 11.8. The van der Waals surface area contributed by atoms with Gasteiger partial charge < -0.3 is 14.8 Å². The summed E-state index contributed by atoms with van der Waals surface area (Å²) >= 11 is 11.9. The van der Waals surface area contributed by atoms with E-state index in [9.17, 15) is 9.59 Å². The van der Waals surface area contributed by atoms with Crippen LogP contribution in [0.2, 0.25) is 10.0 Å². The van der Waals surface area contributed by atoms with Crippen LogP contribution in [0.1, 0.15) is 5.56 Å². The van der Waals surface area contributed by atoms with E-state index in [4.69, 9.17) is 32.7 Å². The Labute approximate surface area is 149 Å². The zero-order chi connectivity index (χ0) is 17.5. The molecular formula is C17H15Cl2NO4. The molecule has 126 valence electrons. The number of carbonyl (C=O) groups excluding carboxylic acids is 2. The van der Waals surface area contributed by atoms with E-state index >= 15 is 0 Å². The van der Waals surface area contributed by atoms with Crippen molar-refractivity contribution in [1.82, 2.24) is 0 Å². The number of amides is 1. The van der Waals surface area contributed by atoms with Crippen molar-refractivity contribution in [2.45, 2.75) is 6.92 Å². The second kappa shape index (κ2) is 8.57. The van der Waals surface area contributed by atoms with Gasteiger partial charge in [-0.25, -0.2) is 4.79 Å². The number of halogens is 2. The van der Waals surface area contributed by atoms with E-state index in [-0.39, 0.29) is 6.61 Å². The number of nitrogens with one attached hydrogen (secondary N) is 1.